The molecule has 0 aliphatic rings. The van der Waals surface area contributed by atoms with Gasteiger partial charge in [-0.25, -0.2) is 4.98 Å². The molecule has 0 saturated heterocycles. The molecule has 104 valence electrons. The molecule has 1 atom stereocenters. The third-order valence-electron chi connectivity index (χ3n) is 2.77. The van der Waals surface area contributed by atoms with E-state index < -0.39 is 4.92 Å². The van der Waals surface area contributed by atoms with Crippen molar-refractivity contribution in [3.8, 4) is 5.88 Å². The van der Waals surface area contributed by atoms with Crippen LogP contribution in [0.15, 0.2) is 36.7 Å². The van der Waals surface area contributed by atoms with Crippen molar-refractivity contribution in [2.75, 3.05) is 7.11 Å². The van der Waals surface area contributed by atoms with Crippen LogP contribution in [0.3, 0.4) is 0 Å². The van der Waals surface area contributed by atoms with Gasteiger partial charge >= 0.3 is 5.69 Å². The minimum atomic E-state index is -0.515. The highest BCUT2D eigenvalue weighted by Gasteiger charge is 2.25. The van der Waals surface area contributed by atoms with E-state index in [1.165, 1.54) is 13.4 Å². The Kier molecular flexibility index (Phi) is 4.62. The minimum Gasteiger partial charge on any atom is -0.476 e. The second kappa shape index (κ2) is 6.42. The minimum absolute atomic E-state index is 0.0206. The van der Waals surface area contributed by atoms with E-state index in [2.05, 4.69) is 25.9 Å². The van der Waals surface area contributed by atoms with Crippen molar-refractivity contribution in [1.29, 1.82) is 0 Å². The van der Waals surface area contributed by atoms with Crippen LogP contribution in [0.1, 0.15) is 16.1 Å². The van der Waals surface area contributed by atoms with E-state index in [0.29, 0.717) is 12.1 Å². The van der Waals surface area contributed by atoms with E-state index >= 15 is 0 Å². The Hall–Kier alpha value is -2.02. The van der Waals surface area contributed by atoms with E-state index in [9.17, 15) is 10.1 Å². The summed E-state index contributed by atoms with van der Waals surface area (Å²) in [5.74, 6) is -0.0206. The molecule has 0 aliphatic carbocycles. The fraction of sp³-hybridized carbons (Fsp3) is 0.231. The number of nitro groups is 1. The molecule has 1 aromatic heterocycles. The summed E-state index contributed by atoms with van der Waals surface area (Å²) in [6.45, 7) is 0. The normalized spacial score (nSPS) is 11.9. The molecule has 7 heteroatoms. The predicted octanol–water partition coefficient (Wildman–Crippen LogP) is 3.07. The molecular weight excluding hydrogens is 326 g/mol. The molecule has 0 aliphatic heterocycles. The number of nitrogens with zero attached hydrogens (tertiary/aromatic N) is 3. The van der Waals surface area contributed by atoms with Gasteiger partial charge in [0.25, 0.3) is 5.88 Å². The Bertz CT molecular complexity index is 607. The largest absolute Gasteiger partial charge is 0.476 e. The van der Waals surface area contributed by atoms with Crippen LogP contribution in [0.5, 0.6) is 5.88 Å². The lowest BCUT2D eigenvalue weighted by Gasteiger charge is -2.10. The van der Waals surface area contributed by atoms with E-state index in [1.54, 1.807) is 0 Å². The van der Waals surface area contributed by atoms with Crippen LogP contribution in [0, 0.1) is 10.1 Å². The molecule has 0 amide bonds. The molecule has 1 heterocycles. The maximum absolute atomic E-state index is 11.1. The van der Waals surface area contributed by atoms with Gasteiger partial charge in [0, 0.05) is 11.2 Å². The van der Waals surface area contributed by atoms with Crippen LogP contribution in [0.25, 0.3) is 0 Å². The molecule has 0 saturated carbocycles. The first-order valence-corrected chi connectivity index (χ1v) is 6.76. The van der Waals surface area contributed by atoms with Gasteiger partial charge in [-0.1, -0.05) is 46.3 Å². The van der Waals surface area contributed by atoms with Gasteiger partial charge in [-0.2, -0.15) is 4.98 Å². The van der Waals surface area contributed by atoms with E-state index in [4.69, 9.17) is 4.74 Å². The maximum Gasteiger partial charge on any atom is 0.352 e. The molecule has 2 rings (SSSR count). The summed E-state index contributed by atoms with van der Waals surface area (Å²) in [4.78, 5) is 18.3. The summed E-state index contributed by atoms with van der Waals surface area (Å²) in [7, 11) is 1.35. The van der Waals surface area contributed by atoms with Crippen LogP contribution < -0.4 is 4.74 Å². The molecule has 1 unspecified atom stereocenters. The summed E-state index contributed by atoms with van der Waals surface area (Å²) in [5.41, 5.74) is 1.18. The number of aromatic nitrogens is 2. The lowest BCUT2D eigenvalue weighted by atomic mass is 10.1. The van der Waals surface area contributed by atoms with Gasteiger partial charge in [0.05, 0.1) is 12.0 Å². The molecular formula is C13H12BrN3O3. The zero-order chi connectivity index (χ0) is 14.5. The summed E-state index contributed by atoms with van der Waals surface area (Å²) in [6, 6.07) is 9.64. The van der Waals surface area contributed by atoms with E-state index in [-0.39, 0.29) is 16.4 Å². The monoisotopic (exact) mass is 337 g/mol. The number of ether oxygens (including phenoxy) is 1. The first-order chi connectivity index (χ1) is 9.63. The fourth-order valence-corrected chi connectivity index (χ4v) is 2.44. The summed E-state index contributed by atoms with van der Waals surface area (Å²) < 4.78 is 4.93. The molecule has 0 N–H and O–H groups in total. The Balaban J connectivity index is 2.32. The van der Waals surface area contributed by atoms with Crippen molar-refractivity contribution in [2.24, 2.45) is 0 Å². The Labute approximate surface area is 124 Å². The first kappa shape index (κ1) is 14.4. The molecule has 6 nitrogen and oxygen atoms in total. The van der Waals surface area contributed by atoms with Gasteiger partial charge in [-0.3, -0.25) is 10.1 Å². The first-order valence-electron chi connectivity index (χ1n) is 5.84. The highest BCUT2D eigenvalue weighted by molar-refractivity contribution is 9.09. The fourth-order valence-electron chi connectivity index (χ4n) is 1.83. The van der Waals surface area contributed by atoms with Gasteiger partial charge in [0.15, 0.2) is 0 Å². The number of halogens is 1. The Morgan fingerprint density at radius 2 is 2.05 bits per heavy atom. The average Bonchev–Trinajstić information content (AvgIpc) is 2.47. The third-order valence-corrected chi connectivity index (χ3v) is 3.63. The molecule has 20 heavy (non-hydrogen) atoms. The SMILES string of the molecule is COc1ncnc(CC(Br)c2ccccc2)c1[N+](=O)[O-]. The number of hydrogen-bond donors (Lipinski definition) is 0. The number of benzene rings is 1. The second-order valence-corrected chi connectivity index (χ2v) is 5.12. The van der Waals surface area contributed by atoms with Gasteiger partial charge in [-0.05, 0) is 5.56 Å². The molecule has 0 spiro atoms. The van der Waals surface area contributed by atoms with Crippen LogP contribution in [-0.4, -0.2) is 22.0 Å². The van der Waals surface area contributed by atoms with E-state index in [1.807, 2.05) is 30.3 Å². The van der Waals surface area contributed by atoms with E-state index in [0.717, 1.165) is 5.56 Å². The molecule has 0 radical (unpaired) electrons. The van der Waals surface area contributed by atoms with Crippen molar-refractivity contribution in [3.05, 3.63) is 58.0 Å². The average molecular weight is 338 g/mol. The highest BCUT2D eigenvalue weighted by Crippen LogP contribution is 2.33. The van der Waals surface area contributed by atoms with Crippen molar-refractivity contribution in [2.45, 2.75) is 11.2 Å². The number of hydrogen-bond acceptors (Lipinski definition) is 5. The van der Waals surface area contributed by atoms with Crippen LogP contribution in [0.4, 0.5) is 5.69 Å². The summed E-state index contributed by atoms with van der Waals surface area (Å²) in [5, 5.41) is 11.1. The molecule has 0 bridgehead atoms. The van der Waals surface area contributed by atoms with Gasteiger partial charge in [-0.15, -0.1) is 0 Å². The highest BCUT2D eigenvalue weighted by atomic mass is 79.9. The van der Waals surface area contributed by atoms with Crippen LogP contribution >= 0.6 is 15.9 Å². The smallest absolute Gasteiger partial charge is 0.352 e. The number of methoxy groups -OCH3 is 1. The Morgan fingerprint density at radius 3 is 2.65 bits per heavy atom. The van der Waals surface area contributed by atoms with Gasteiger partial charge in [0.1, 0.15) is 12.0 Å². The second-order valence-electron chi connectivity index (χ2n) is 4.02. The van der Waals surface area contributed by atoms with Crippen molar-refractivity contribution in [1.82, 2.24) is 9.97 Å². The molecule has 1 aromatic carbocycles. The van der Waals surface area contributed by atoms with Crippen molar-refractivity contribution in [3.63, 3.8) is 0 Å². The third kappa shape index (κ3) is 3.11. The summed E-state index contributed by atoms with van der Waals surface area (Å²) in [6.07, 6.45) is 1.64. The lowest BCUT2D eigenvalue weighted by Crippen LogP contribution is -2.06. The van der Waals surface area contributed by atoms with Crippen LogP contribution in [0.2, 0.25) is 0 Å². The topological polar surface area (TPSA) is 78.2 Å². The predicted molar refractivity (Wildman–Crippen MR) is 77.1 cm³/mol. The molecule has 0 fully saturated rings. The quantitative estimate of drug-likeness (QED) is 0.476. The summed E-state index contributed by atoms with van der Waals surface area (Å²) >= 11 is 3.53. The van der Waals surface area contributed by atoms with Gasteiger partial charge in [0.2, 0.25) is 0 Å². The number of alkyl halides is 1. The van der Waals surface area contributed by atoms with Crippen LogP contribution in [-0.2, 0) is 6.42 Å². The molecule has 2 aromatic rings. The zero-order valence-electron chi connectivity index (χ0n) is 10.7. The Morgan fingerprint density at radius 1 is 1.35 bits per heavy atom. The van der Waals surface area contributed by atoms with Crippen molar-refractivity contribution >= 4 is 21.6 Å². The lowest BCUT2D eigenvalue weighted by molar-refractivity contribution is -0.387. The van der Waals surface area contributed by atoms with Gasteiger partial charge < -0.3 is 4.74 Å². The zero-order valence-corrected chi connectivity index (χ0v) is 12.3. The number of rotatable bonds is 5. The van der Waals surface area contributed by atoms with Crippen molar-refractivity contribution < 1.29 is 9.66 Å². The standard InChI is InChI=1S/C13H12BrN3O3/c1-20-13-12(17(18)19)11(15-8-16-13)7-10(14)9-5-3-2-4-6-9/h2-6,8,10H,7H2,1H3. The maximum atomic E-state index is 11.1.